The van der Waals surface area contributed by atoms with Crippen LogP contribution in [0.25, 0.3) is 0 Å². The van der Waals surface area contributed by atoms with E-state index >= 15 is 0 Å². The zero-order valence-electron chi connectivity index (χ0n) is 10.1. The summed E-state index contributed by atoms with van der Waals surface area (Å²) in [5.74, 6) is 0.373. The van der Waals surface area contributed by atoms with Crippen molar-refractivity contribution in [1.29, 1.82) is 0 Å². The highest BCUT2D eigenvalue weighted by Gasteiger charge is 2.14. The van der Waals surface area contributed by atoms with E-state index in [9.17, 15) is 5.11 Å². The van der Waals surface area contributed by atoms with E-state index in [1.807, 2.05) is 26.8 Å². The Balaban J connectivity index is 3.23. The summed E-state index contributed by atoms with van der Waals surface area (Å²) >= 11 is 0. The maximum atomic E-state index is 9.68. The van der Waals surface area contributed by atoms with Gasteiger partial charge >= 0.3 is 0 Å². The van der Waals surface area contributed by atoms with E-state index < -0.39 is 0 Å². The van der Waals surface area contributed by atoms with Crippen LogP contribution in [0.2, 0.25) is 0 Å². The SMILES string of the molecule is CCCC(N)c1c(C)cc(O)c(C)c1C. The first-order chi connectivity index (χ1) is 6.99. The number of benzene rings is 1. The van der Waals surface area contributed by atoms with Gasteiger partial charge in [-0.05, 0) is 55.5 Å². The Hall–Kier alpha value is -1.02. The van der Waals surface area contributed by atoms with Crippen molar-refractivity contribution in [2.75, 3.05) is 0 Å². The smallest absolute Gasteiger partial charge is 0.119 e. The van der Waals surface area contributed by atoms with Gasteiger partial charge in [-0.2, -0.15) is 0 Å². The molecule has 1 aromatic carbocycles. The quantitative estimate of drug-likeness (QED) is 0.800. The number of nitrogens with two attached hydrogens (primary N) is 1. The van der Waals surface area contributed by atoms with Gasteiger partial charge < -0.3 is 10.8 Å². The zero-order valence-corrected chi connectivity index (χ0v) is 10.1. The molecule has 1 rings (SSSR count). The average molecular weight is 207 g/mol. The number of rotatable bonds is 3. The molecule has 84 valence electrons. The van der Waals surface area contributed by atoms with E-state index in [0.717, 1.165) is 29.5 Å². The van der Waals surface area contributed by atoms with Gasteiger partial charge in [-0.15, -0.1) is 0 Å². The van der Waals surface area contributed by atoms with Gasteiger partial charge in [0, 0.05) is 6.04 Å². The van der Waals surface area contributed by atoms with Crippen molar-refractivity contribution in [1.82, 2.24) is 0 Å². The topological polar surface area (TPSA) is 46.2 Å². The molecule has 0 radical (unpaired) electrons. The third-order valence-corrected chi connectivity index (χ3v) is 3.10. The molecule has 0 bridgehead atoms. The molecule has 0 aliphatic carbocycles. The van der Waals surface area contributed by atoms with Crippen LogP contribution in [-0.4, -0.2) is 5.11 Å². The Morgan fingerprint density at radius 1 is 1.27 bits per heavy atom. The number of phenols is 1. The monoisotopic (exact) mass is 207 g/mol. The number of aryl methyl sites for hydroxylation is 1. The van der Waals surface area contributed by atoms with Crippen molar-refractivity contribution in [2.45, 2.75) is 46.6 Å². The van der Waals surface area contributed by atoms with Crippen LogP contribution in [0.3, 0.4) is 0 Å². The fourth-order valence-corrected chi connectivity index (χ4v) is 2.11. The molecule has 1 atom stereocenters. The van der Waals surface area contributed by atoms with Crippen LogP contribution in [-0.2, 0) is 0 Å². The molecule has 0 aromatic heterocycles. The van der Waals surface area contributed by atoms with Gasteiger partial charge in [0.15, 0.2) is 0 Å². The molecule has 15 heavy (non-hydrogen) atoms. The maximum absolute atomic E-state index is 9.68. The molecular weight excluding hydrogens is 186 g/mol. The third-order valence-electron chi connectivity index (χ3n) is 3.10. The van der Waals surface area contributed by atoms with Crippen LogP contribution < -0.4 is 5.73 Å². The van der Waals surface area contributed by atoms with Crippen molar-refractivity contribution in [3.05, 3.63) is 28.3 Å². The van der Waals surface area contributed by atoms with Gasteiger partial charge in [0.1, 0.15) is 5.75 Å². The summed E-state index contributed by atoms with van der Waals surface area (Å²) in [6.45, 7) is 8.12. The highest BCUT2D eigenvalue weighted by atomic mass is 16.3. The molecule has 2 heteroatoms. The van der Waals surface area contributed by atoms with Crippen molar-refractivity contribution in [2.24, 2.45) is 5.73 Å². The van der Waals surface area contributed by atoms with Crippen LogP contribution in [0, 0.1) is 20.8 Å². The lowest BCUT2D eigenvalue weighted by atomic mass is 9.91. The molecule has 2 nitrogen and oxygen atoms in total. The number of aromatic hydroxyl groups is 1. The molecular formula is C13H21NO. The van der Waals surface area contributed by atoms with Crippen LogP contribution in [0.15, 0.2) is 6.07 Å². The fraction of sp³-hybridized carbons (Fsp3) is 0.538. The summed E-state index contributed by atoms with van der Waals surface area (Å²) in [6.07, 6.45) is 2.08. The lowest BCUT2D eigenvalue weighted by molar-refractivity contribution is 0.469. The maximum Gasteiger partial charge on any atom is 0.119 e. The lowest BCUT2D eigenvalue weighted by Gasteiger charge is -2.19. The van der Waals surface area contributed by atoms with Gasteiger partial charge in [0.25, 0.3) is 0 Å². The number of hydrogen-bond donors (Lipinski definition) is 2. The van der Waals surface area contributed by atoms with E-state index in [4.69, 9.17) is 5.73 Å². The lowest BCUT2D eigenvalue weighted by Crippen LogP contribution is -2.13. The Morgan fingerprint density at radius 2 is 1.87 bits per heavy atom. The molecule has 0 heterocycles. The standard InChI is InChI=1S/C13H21NO/c1-5-6-11(14)13-8(2)7-12(15)9(3)10(13)4/h7,11,15H,5-6,14H2,1-4H3. The molecule has 0 amide bonds. The Kier molecular flexibility index (Phi) is 3.75. The predicted molar refractivity (Wildman–Crippen MR) is 64.2 cm³/mol. The van der Waals surface area contributed by atoms with E-state index in [1.165, 1.54) is 5.56 Å². The van der Waals surface area contributed by atoms with Gasteiger partial charge in [0.2, 0.25) is 0 Å². The molecule has 1 aromatic rings. The van der Waals surface area contributed by atoms with Crippen LogP contribution in [0.1, 0.15) is 48.1 Å². The second-order valence-electron chi connectivity index (χ2n) is 4.27. The molecule has 0 spiro atoms. The molecule has 0 aliphatic heterocycles. The number of phenolic OH excluding ortho intramolecular Hbond substituents is 1. The zero-order chi connectivity index (χ0) is 11.6. The minimum Gasteiger partial charge on any atom is -0.508 e. The summed E-state index contributed by atoms with van der Waals surface area (Å²) in [5.41, 5.74) is 10.5. The Bertz CT molecular complexity index is 358. The first-order valence-corrected chi connectivity index (χ1v) is 5.54. The van der Waals surface area contributed by atoms with Gasteiger partial charge in [-0.1, -0.05) is 13.3 Å². The first-order valence-electron chi connectivity index (χ1n) is 5.54. The Morgan fingerprint density at radius 3 is 2.40 bits per heavy atom. The minimum atomic E-state index is 0.0919. The summed E-state index contributed by atoms with van der Waals surface area (Å²) < 4.78 is 0. The molecule has 3 N–H and O–H groups in total. The highest BCUT2D eigenvalue weighted by molar-refractivity contribution is 5.48. The predicted octanol–water partition coefficient (Wildman–Crippen LogP) is 3.12. The van der Waals surface area contributed by atoms with Crippen LogP contribution >= 0.6 is 0 Å². The summed E-state index contributed by atoms with van der Waals surface area (Å²) in [6, 6.07) is 1.90. The van der Waals surface area contributed by atoms with Gasteiger partial charge in [-0.3, -0.25) is 0 Å². The molecule has 0 saturated heterocycles. The third kappa shape index (κ3) is 2.32. The van der Waals surface area contributed by atoms with Crippen molar-refractivity contribution in [3.8, 4) is 5.75 Å². The second kappa shape index (κ2) is 4.67. The number of hydrogen-bond acceptors (Lipinski definition) is 2. The Labute approximate surface area is 92.1 Å². The largest absolute Gasteiger partial charge is 0.508 e. The van der Waals surface area contributed by atoms with E-state index in [1.54, 1.807) is 0 Å². The van der Waals surface area contributed by atoms with Gasteiger partial charge in [0.05, 0.1) is 0 Å². The average Bonchev–Trinajstić information content (AvgIpc) is 2.15. The van der Waals surface area contributed by atoms with Crippen molar-refractivity contribution < 1.29 is 5.11 Å². The van der Waals surface area contributed by atoms with Crippen molar-refractivity contribution >= 4 is 0 Å². The summed E-state index contributed by atoms with van der Waals surface area (Å²) in [7, 11) is 0. The van der Waals surface area contributed by atoms with E-state index in [-0.39, 0.29) is 6.04 Å². The molecule has 1 unspecified atom stereocenters. The summed E-state index contributed by atoms with van der Waals surface area (Å²) in [5, 5.41) is 9.68. The van der Waals surface area contributed by atoms with Crippen molar-refractivity contribution in [3.63, 3.8) is 0 Å². The minimum absolute atomic E-state index is 0.0919. The van der Waals surface area contributed by atoms with E-state index in [2.05, 4.69) is 6.92 Å². The van der Waals surface area contributed by atoms with Gasteiger partial charge in [-0.25, -0.2) is 0 Å². The fourth-order valence-electron chi connectivity index (χ4n) is 2.11. The summed E-state index contributed by atoms with van der Waals surface area (Å²) in [4.78, 5) is 0. The molecule has 0 aliphatic rings. The molecule has 0 fully saturated rings. The van der Waals surface area contributed by atoms with Crippen LogP contribution in [0.5, 0.6) is 5.75 Å². The normalized spacial score (nSPS) is 12.9. The molecule has 0 saturated carbocycles. The first kappa shape index (κ1) is 12.1. The second-order valence-corrected chi connectivity index (χ2v) is 4.27. The van der Waals surface area contributed by atoms with E-state index in [0.29, 0.717) is 5.75 Å². The highest BCUT2D eigenvalue weighted by Crippen LogP contribution is 2.31. The van der Waals surface area contributed by atoms with Crippen LogP contribution in [0.4, 0.5) is 0 Å².